The van der Waals surface area contributed by atoms with Crippen LogP contribution in [-0.4, -0.2) is 51.6 Å². The van der Waals surface area contributed by atoms with Crippen molar-refractivity contribution in [3.8, 4) is 11.5 Å². The van der Waals surface area contributed by atoms with Gasteiger partial charge in [-0.3, -0.25) is 4.90 Å². The largest absolute Gasteiger partial charge is 0.493 e. The number of rotatable bonds is 7. The van der Waals surface area contributed by atoms with Crippen molar-refractivity contribution in [3.63, 3.8) is 0 Å². The fourth-order valence-electron chi connectivity index (χ4n) is 2.98. The van der Waals surface area contributed by atoms with E-state index in [-0.39, 0.29) is 11.8 Å². The van der Waals surface area contributed by atoms with Crippen LogP contribution in [0.25, 0.3) is 0 Å². The van der Waals surface area contributed by atoms with E-state index >= 15 is 0 Å². The highest BCUT2D eigenvalue weighted by atomic mass is 79.9. The smallest absolute Gasteiger partial charge is 0.161 e. The van der Waals surface area contributed by atoms with Crippen molar-refractivity contribution in [3.05, 3.63) is 22.2 Å². The van der Waals surface area contributed by atoms with Crippen molar-refractivity contribution in [2.75, 3.05) is 32.3 Å². The van der Waals surface area contributed by atoms with Crippen molar-refractivity contribution in [1.82, 2.24) is 4.90 Å². The third kappa shape index (κ3) is 4.61. The molecule has 130 valence electrons. The number of ether oxygens (including phenoxy) is 2. The van der Waals surface area contributed by atoms with Crippen LogP contribution < -0.4 is 9.47 Å². The zero-order valence-electron chi connectivity index (χ0n) is 13.8. The predicted octanol–water partition coefficient (Wildman–Crippen LogP) is 2.87. The lowest BCUT2D eigenvalue weighted by Crippen LogP contribution is -2.36. The summed E-state index contributed by atoms with van der Waals surface area (Å²) in [6.45, 7) is 3.68. The fourth-order valence-corrected chi connectivity index (χ4v) is 5.19. The van der Waals surface area contributed by atoms with E-state index in [0.29, 0.717) is 30.2 Å². The zero-order valence-corrected chi connectivity index (χ0v) is 16.2. The summed E-state index contributed by atoms with van der Waals surface area (Å²) in [6.07, 6.45) is 1.70. The van der Waals surface area contributed by atoms with E-state index in [1.807, 2.05) is 12.1 Å². The molecule has 1 heterocycles. The minimum absolute atomic E-state index is 0.0972. The molecule has 1 aliphatic rings. The Kier molecular flexibility index (Phi) is 6.33. The Bertz CT molecular complexity index is 648. The van der Waals surface area contributed by atoms with Gasteiger partial charge in [0.25, 0.3) is 0 Å². The molecule has 1 aromatic carbocycles. The number of methoxy groups -OCH3 is 2. The van der Waals surface area contributed by atoms with E-state index in [1.54, 1.807) is 14.2 Å². The van der Waals surface area contributed by atoms with Crippen LogP contribution in [0.1, 0.15) is 25.3 Å². The Morgan fingerprint density at radius 1 is 1.26 bits per heavy atom. The van der Waals surface area contributed by atoms with Gasteiger partial charge in [-0.1, -0.05) is 22.9 Å². The zero-order chi connectivity index (χ0) is 17.0. The summed E-state index contributed by atoms with van der Waals surface area (Å²) in [4.78, 5) is 2.26. The molecule has 1 aromatic rings. The van der Waals surface area contributed by atoms with Crippen molar-refractivity contribution in [2.24, 2.45) is 0 Å². The van der Waals surface area contributed by atoms with Gasteiger partial charge in [0.1, 0.15) is 0 Å². The van der Waals surface area contributed by atoms with Crippen molar-refractivity contribution < 1.29 is 17.9 Å². The minimum atomic E-state index is -2.88. The first-order valence-corrected chi connectivity index (χ1v) is 10.4. The maximum Gasteiger partial charge on any atom is 0.161 e. The summed E-state index contributed by atoms with van der Waals surface area (Å²) in [6, 6.07) is 3.94. The Labute approximate surface area is 147 Å². The molecule has 0 bridgehead atoms. The Morgan fingerprint density at radius 3 is 2.43 bits per heavy atom. The highest BCUT2D eigenvalue weighted by Gasteiger charge is 2.32. The molecular weight excluding hydrogens is 382 g/mol. The van der Waals surface area contributed by atoms with Crippen LogP contribution in [0.5, 0.6) is 11.5 Å². The molecule has 0 aliphatic carbocycles. The molecule has 0 radical (unpaired) electrons. The van der Waals surface area contributed by atoms with Gasteiger partial charge < -0.3 is 9.47 Å². The van der Waals surface area contributed by atoms with E-state index in [0.717, 1.165) is 23.0 Å². The van der Waals surface area contributed by atoms with Crippen LogP contribution in [0.4, 0.5) is 0 Å². The lowest BCUT2D eigenvalue weighted by atomic mass is 10.1. The lowest BCUT2D eigenvalue weighted by molar-refractivity contribution is 0.203. The molecule has 0 amide bonds. The van der Waals surface area contributed by atoms with Crippen LogP contribution in [0, 0.1) is 0 Å². The second kappa shape index (κ2) is 7.85. The van der Waals surface area contributed by atoms with Crippen LogP contribution in [0.15, 0.2) is 16.6 Å². The summed E-state index contributed by atoms with van der Waals surface area (Å²) in [5.41, 5.74) is 1.07. The quantitative estimate of drug-likeness (QED) is 0.697. The van der Waals surface area contributed by atoms with Gasteiger partial charge >= 0.3 is 0 Å². The van der Waals surface area contributed by atoms with E-state index < -0.39 is 9.84 Å². The molecule has 7 heteroatoms. The van der Waals surface area contributed by atoms with E-state index in [4.69, 9.17) is 9.47 Å². The first kappa shape index (κ1) is 18.5. The standard InChI is InChI=1S/C16H24BrNO4S/c1-4-6-18(13-5-7-23(19,20)11-13)10-12-8-15(21-2)16(22-3)9-14(12)17/h8-9,13H,4-7,10-11H2,1-3H3. The number of sulfone groups is 1. The van der Waals surface area contributed by atoms with Gasteiger partial charge in [0.15, 0.2) is 21.3 Å². The van der Waals surface area contributed by atoms with Crippen molar-refractivity contribution in [2.45, 2.75) is 32.4 Å². The van der Waals surface area contributed by atoms with Crippen molar-refractivity contribution >= 4 is 25.8 Å². The highest BCUT2D eigenvalue weighted by Crippen LogP contribution is 2.34. The summed E-state index contributed by atoms with van der Waals surface area (Å²) in [5.74, 6) is 1.91. The molecule has 1 saturated heterocycles. The van der Waals surface area contributed by atoms with E-state index in [1.165, 1.54) is 0 Å². The SMILES string of the molecule is CCCN(Cc1cc(OC)c(OC)cc1Br)C1CCS(=O)(=O)C1. The van der Waals surface area contributed by atoms with Gasteiger partial charge in [-0.25, -0.2) is 8.42 Å². The maximum absolute atomic E-state index is 11.8. The third-order valence-corrected chi connectivity index (χ3v) is 6.65. The summed E-state index contributed by atoms with van der Waals surface area (Å²) in [7, 11) is 0.339. The van der Waals surface area contributed by atoms with Crippen LogP contribution >= 0.6 is 15.9 Å². The monoisotopic (exact) mass is 405 g/mol. The Balaban J connectivity index is 2.23. The topological polar surface area (TPSA) is 55.8 Å². The predicted molar refractivity (Wildman–Crippen MR) is 95.0 cm³/mol. The minimum Gasteiger partial charge on any atom is -0.493 e. The maximum atomic E-state index is 11.8. The molecule has 1 atom stereocenters. The van der Waals surface area contributed by atoms with Gasteiger partial charge in [-0.15, -0.1) is 0 Å². The second-order valence-corrected chi connectivity index (χ2v) is 8.91. The summed E-state index contributed by atoms with van der Waals surface area (Å²) < 4.78 is 35.2. The normalized spacial score (nSPS) is 20.0. The van der Waals surface area contributed by atoms with Crippen LogP contribution in [0.3, 0.4) is 0 Å². The molecule has 1 unspecified atom stereocenters. The number of halogens is 1. The molecule has 2 rings (SSSR count). The molecule has 0 N–H and O–H groups in total. The lowest BCUT2D eigenvalue weighted by Gasteiger charge is -2.28. The number of benzene rings is 1. The number of nitrogens with zero attached hydrogens (tertiary/aromatic N) is 1. The highest BCUT2D eigenvalue weighted by molar-refractivity contribution is 9.10. The van der Waals surface area contributed by atoms with Gasteiger partial charge in [0, 0.05) is 17.1 Å². The molecular formula is C16H24BrNO4S. The summed E-state index contributed by atoms with van der Waals surface area (Å²) >= 11 is 3.58. The van der Waals surface area contributed by atoms with Crippen LogP contribution in [0.2, 0.25) is 0 Å². The van der Waals surface area contributed by atoms with E-state index in [2.05, 4.69) is 27.8 Å². The second-order valence-electron chi connectivity index (χ2n) is 5.83. The molecule has 1 aliphatic heterocycles. The molecule has 0 saturated carbocycles. The molecule has 0 aromatic heterocycles. The molecule has 0 spiro atoms. The summed E-state index contributed by atoms with van der Waals surface area (Å²) in [5, 5.41) is 0. The fraction of sp³-hybridized carbons (Fsp3) is 0.625. The first-order valence-electron chi connectivity index (χ1n) is 7.75. The van der Waals surface area contributed by atoms with Gasteiger partial charge in [0.2, 0.25) is 0 Å². The average molecular weight is 406 g/mol. The van der Waals surface area contributed by atoms with Gasteiger partial charge in [0.05, 0.1) is 25.7 Å². The van der Waals surface area contributed by atoms with Crippen molar-refractivity contribution in [1.29, 1.82) is 0 Å². The third-order valence-electron chi connectivity index (χ3n) is 4.16. The molecule has 1 fully saturated rings. The molecule has 5 nitrogen and oxygen atoms in total. The van der Waals surface area contributed by atoms with Gasteiger partial charge in [-0.05, 0) is 37.1 Å². The van der Waals surface area contributed by atoms with Crippen LogP contribution in [-0.2, 0) is 16.4 Å². The average Bonchev–Trinajstić information content (AvgIpc) is 2.88. The Hall–Kier alpha value is -0.790. The number of hydrogen-bond acceptors (Lipinski definition) is 5. The van der Waals surface area contributed by atoms with E-state index in [9.17, 15) is 8.42 Å². The Morgan fingerprint density at radius 2 is 1.91 bits per heavy atom. The number of hydrogen-bond donors (Lipinski definition) is 0. The van der Waals surface area contributed by atoms with Gasteiger partial charge in [-0.2, -0.15) is 0 Å². The molecule has 23 heavy (non-hydrogen) atoms. The first-order chi connectivity index (χ1) is 10.9.